The van der Waals surface area contributed by atoms with Gasteiger partial charge in [0.2, 0.25) is 5.91 Å². The molecule has 3 unspecified atom stereocenters. The predicted molar refractivity (Wildman–Crippen MR) is 160 cm³/mol. The number of esters is 1. The van der Waals surface area contributed by atoms with Crippen molar-refractivity contribution in [2.45, 2.75) is 114 Å². The summed E-state index contributed by atoms with van der Waals surface area (Å²) < 4.78 is 23.5. The van der Waals surface area contributed by atoms with Crippen LogP contribution >= 0.6 is 0 Å². The van der Waals surface area contributed by atoms with Crippen LogP contribution in [0, 0.1) is 5.92 Å². The first-order valence-electron chi connectivity index (χ1n) is 15.7. The topological polar surface area (TPSA) is 215 Å². The highest BCUT2D eigenvalue weighted by Gasteiger charge is 2.51. The first kappa shape index (κ1) is 34.7. The van der Waals surface area contributed by atoms with Crippen molar-refractivity contribution in [3.8, 4) is 0 Å². The molecule has 2 amide bonds. The Kier molecular flexibility index (Phi) is 10.8. The zero-order valence-corrected chi connectivity index (χ0v) is 26.5. The van der Waals surface area contributed by atoms with E-state index in [1.165, 1.54) is 9.58 Å². The minimum Gasteiger partial charge on any atom is -0.458 e. The van der Waals surface area contributed by atoms with E-state index in [-0.39, 0.29) is 25.8 Å². The minimum absolute atomic E-state index is 0.00596. The molecule has 3 aliphatic rings. The second-order valence-electron chi connectivity index (χ2n) is 13.1. The number of ether oxygens (including phenoxy) is 4. The highest BCUT2D eigenvalue weighted by Crippen LogP contribution is 2.37. The smallest absolute Gasteiger partial charge is 0.408 e. The number of nitrogens with zero attached hydrogens (tertiary/aromatic N) is 4. The summed E-state index contributed by atoms with van der Waals surface area (Å²) >= 11 is 0. The Morgan fingerprint density at radius 3 is 2.51 bits per heavy atom. The molecule has 16 nitrogen and oxygen atoms in total. The number of nitrogens with one attached hydrogen (secondary N) is 1. The van der Waals surface area contributed by atoms with E-state index in [0.29, 0.717) is 25.0 Å². The molecule has 9 atom stereocenters. The lowest BCUT2D eigenvalue weighted by Gasteiger charge is -2.42. The van der Waals surface area contributed by atoms with Gasteiger partial charge in [0, 0.05) is 18.5 Å². The fourth-order valence-electron chi connectivity index (χ4n) is 6.25. The van der Waals surface area contributed by atoms with Crippen LogP contribution in [0.2, 0.25) is 0 Å². The molecule has 3 saturated heterocycles. The molecule has 0 aliphatic carbocycles. The number of piperidine rings is 1. The maximum atomic E-state index is 14.0. The normalized spacial score (nSPS) is 30.9. The quantitative estimate of drug-likeness (QED) is 0.206. The predicted octanol–water partition coefficient (Wildman–Crippen LogP) is -0.389. The van der Waals surface area contributed by atoms with Gasteiger partial charge < -0.3 is 49.6 Å². The summed E-state index contributed by atoms with van der Waals surface area (Å²) in [5.74, 6) is -1.34. The standard InChI is InChI=1S/C31H43N5O11/c1-31(2,3)47-28(42)21-10-9-20-11-18(23(27(41)36(20)21)32-30(43)45-15-17-7-5-4-6-8-17)12-35-13-19(33-34-35)16-44-29-26(40)25(39)24(38)22(14-37)46-29/h4-8,13,18,20-26,29,37-40H,9-12,14-16H2,1-3H3,(H,32,43)/t18?,20?,21-,22+,23?,24+,25-,26+,29+/m0/s1. The molecule has 5 rings (SSSR count). The number of aliphatic hydroxyl groups excluding tert-OH is 4. The van der Waals surface area contributed by atoms with Gasteiger partial charge in [-0.3, -0.25) is 9.48 Å². The third kappa shape index (κ3) is 8.25. The van der Waals surface area contributed by atoms with Gasteiger partial charge in [-0.05, 0) is 45.6 Å². The third-order valence-electron chi connectivity index (χ3n) is 8.49. The Morgan fingerprint density at radius 2 is 1.81 bits per heavy atom. The molecule has 16 heteroatoms. The van der Waals surface area contributed by atoms with Gasteiger partial charge >= 0.3 is 12.1 Å². The molecule has 0 bridgehead atoms. The van der Waals surface area contributed by atoms with Crippen LogP contribution in [0.25, 0.3) is 0 Å². The van der Waals surface area contributed by atoms with Gasteiger partial charge in [0.05, 0.1) is 19.4 Å². The zero-order chi connectivity index (χ0) is 33.9. The molecule has 3 aliphatic heterocycles. The van der Waals surface area contributed by atoms with Gasteiger partial charge in [-0.25, -0.2) is 9.59 Å². The minimum atomic E-state index is -1.58. The molecular weight excluding hydrogens is 618 g/mol. The number of rotatable bonds is 10. The molecule has 3 fully saturated rings. The Labute approximate surface area is 271 Å². The molecule has 4 heterocycles. The second-order valence-corrected chi connectivity index (χ2v) is 13.1. The van der Waals surface area contributed by atoms with Crippen LogP contribution in [-0.4, -0.2) is 119 Å². The Hall–Kier alpha value is -3.67. The number of aliphatic hydroxyl groups is 4. The van der Waals surface area contributed by atoms with Crippen LogP contribution in [0.15, 0.2) is 36.5 Å². The molecule has 258 valence electrons. The average Bonchev–Trinajstić information content (AvgIpc) is 3.67. The van der Waals surface area contributed by atoms with Crippen LogP contribution in [0.3, 0.4) is 0 Å². The molecule has 5 N–H and O–H groups in total. The van der Waals surface area contributed by atoms with Crippen molar-refractivity contribution >= 4 is 18.0 Å². The summed E-state index contributed by atoms with van der Waals surface area (Å²) in [6, 6.07) is 7.06. The van der Waals surface area contributed by atoms with Crippen LogP contribution in [0.4, 0.5) is 4.79 Å². The monoisotopic (exact) mass is 661 g/mol. The first-order chi connectivity index (χ1) is 22.3. The molecule has 2 aromatic rings. The van der Waals surface area contributed by atoms with E-state index >= 15 is 0 Å². The Balaban J connectivity index is 1.27. The molecule has 0 radical (unpaired) electrons. The van der Waals surface area contributed by atoms with Gasteiger partial charge in [0.15, 0.2) is 6.29 Å². The number of aromatic nitrogens is 3. The fourth-order valence-corrected chi connectivity index (χ4v) is 6.25. The average molecular weight is 662 g/mol. The Morgan fingerprint density at radius 1 is 1.06 bits per heavy atom. The van der Waals surface area contributed by atoms with Crippen molar-refractivity contribution in [3.05, 3.63) is 47.8 Å². The summed E-state index contributed by atoms with van der Waals surface area (Å²) in [5.41, 5.74) is 0.385. The van der Waals surface area contributed by atoms with E-state index in [0.717, 1.165) is 5.56 Å². The van der Waals surface area contributed by atoms with Crippen molar-refractivity contribution < 1.29 is 53.8 Å². The number of alkyl carbamates (subject to hydrolysis) is 1. The van der Waals surface area contributed by atoms with E-state index in [4.69, 9.17) is 18.9 Å². The van der Waals surface area contributed by atoms with Gasteiger partial charge in [0.25, 0.3) is 0 Å². The number of carbonyl (C=O) groups excluding carboxylic acids is 3. The molecule has 0 spiro atoms. The number of fused-ring (bicyclic) bond motifs is 1. The zero-order valence-electron chi connectivity index (χ0n) is 26.5. The van der Waals surface area contributed by atoms with Crippen molar-refractivity contribution in [3.63, 3.8) is 0 Å². The van der Waals surface area contributed by atoms with E-state index < -0.39 is 78.9 Å². The summed E-state index contributed by atoms with van der Waals surface area (Å²) in [5, 5.41) is 50.6. The summed E-state index contributed by atoms with van der Waals surface area (Å²) in [4.78, 5) is 41.6. The SMILES string of the molecule is CC(C)(C)OC(=O)[C@@H]1CCC2CC(Cn3cc(CO[C@@H]4O[C@H](CO)[C@@H](O)[C@H](O)[C@H]4O)nn3)C(NC(=O)OCc3ccccc3)C(=O)N21. The lowest BCUT2D eigenvalue weighted by molar-refractivity contribution is -0.304. The van der Waals surface area contributed by atoms with Crippen LogP contribution in [0.1, 0.15) is 51.3 Å². The molecular formula is C31H43N5O11. The van der Waals surface area contributed by atoms with E-state index in [1.54, 1.807) is 27.0 Å². The molecule has 1 aromatic heterocycles. The summed E-state index contributed by atoms with van der Waals surface area (Å²) in [6.07, 6.45) is -4.84. The number of carbonyl (C=O) groups is 3. The van der Waals surface area contributed by atoms with Crippen molar-refractivity contribution in [2.24, 2.45) is 5.92 Å². The van der Waals surface area contributed by atoms with Gasteiger partial charge in [-0.1, -0.05) is 35.5 Å². The van der Waals surface area contributed by atoms with E-state index in [9.17, 15) is 34.8 Å². The number of hydrogen-bond donors (Lipinski definition) is 5. The van der Waals surface area contributed by atoms with E-state index in [2.05, 4.69) is 15.6 Å². The number of hydrogen-bond acceptors (Lipinski definition) is 13. The third-order valence-corrected chi connectivity index (χ3v) is 8.49. The highest BCUT2D eigenvalue weighted by molar-refractivity contribution is 5.91. The summed E-state index contributed by atoms with van der Waals surface area (Å²) in [6.45, 7) is 4.70. The second kappa shape index (κ2) is 14.6. The van der Waals surface area contributed by atoms with Crippen LogP contribution in [0.5, 0.6) is 0 Å². The summed E-state index contributed by atoms with van der Waals surface area (Å²) in [7, 11) is 0. The maximum Gasteiger partial charge on any atom is 0.408 e. The van der Waals surface area contributed by atoms with Crippen molar-refractivity contribution in [2.75, 3.05) is 6.61 Å². The number of amides is 2. The highest BCUT2D eigenvalue weighted by atomic mass is 16.7. The Bertz CT molecular complexity index is 1380. The maximum absolute atomic E-state index is 14.0. The lowest BCUT2D eigenvalue weighted by Crippen LogP contribution is -2.62. The van der Waals surface area contributed by atoms with Crippen molar-refractivity contribution in [1.82, 2.24) is 25.2 Å². The van der Waals surface area contributed by atoms with Gasteiger partial charge in [-0.15, -0.1) is 5.10 Å². The molecule has 0 saturated carbocycles. The van der Waals surface area contributed by atoms with Gasteiger partial charge in [0.1, 0.15) is 54.4 Å². The van der Waals surface area contributed by atoms with Crippen LogP contribution in [-0.2, 0) is 48.3 Å². The first-order valence-corrected chi connectivity index (χ1v) is 15.7. The van der Waals surface area contributed by atoms with Crippen LogP contribution < -0.4 is 5.32 Å². The molecule has 1 aromatic carbocycles. The van der Waals surface area contributed by atoms with Crippen molar-refractivity contribution in [1.29, 1.82) is 0 Å². The molecule has 47 heavy (non-hydrogen) atoms. The van der Waals surface area contributed by atoms with E-state index in [1.807, 2.05) is 30.3 Å². The lowest BCUT2D eigenvalue weighted by atomic mass is 9.86. The largest absolute Gasteiger partial charge is 0.458 e. The fraction of sp³-hybridized carbons (Fsp3) is 0.645. The van der Waals surface area contributed by atoms with Gasteiger partial charge in [-0.2, -0.15) is 0 Å². The number of benzene rings is 1.